The van der Waals surface area contributed by atoms with E-state index in [1.165, 1.54) is 0 Å². The number of anilines is 1. The Balaban J connectivity index is 2.63. The molecule has 1 heterocycles. The highest BCUT2D eigenvalue weighted by atomic mass is 35.5. The summed E-state index contributed by atoms with van der Waals surface area (Å²) in [5.41, 5.74) is 1.92. The minimum absolute atomic E-state index is 0.0517. The van der Waals surface area contributed by atoms with Crippen LogP contribution < -0.4 is 5.32 Å². The first-order chi connectivity index (χ1) is 11.5. The molecular weight excluding hydrogens is 326 g/mol. The summed E-state index contributed by atoms with van der Waals surface area (Å²) in [6.45, 7) is 8.66. The summed E-state index contributed by atoms with van der Waals surface area (Å²) in [5, 5.41) is 3.81. The van der Waals surface area contributed by atoms with Crippen LogP contribution in [0.4, 0.5) is 5.82 Å². The van der Waals surface area contributed by atoms with Crippen molar-refractivity contribution >= 4 is 23.4 Å². The van der Waals surface area contributed by atoms with Crippen LogP contribution in [0.15, 0.2) is 24.3 Å². The van der Waals surface area contributed by atoms with Crippen LogP contribution in [0, 0.1) is 0 Å². The summed E-state index contributed by atoms with van der Waals surface area (Å²) in [6.07, 6.45) is 0. The monoisotopic (exact) mass is 347 g/mol. The van der Waals surface area contributed by atoms with Gasteiger partial charge < -0.3 is 10.1 Å². The fourth-order valence-corrected chi connectivity index (χ4v) is 2.45. The molecule has 2 rings (SSSR count). The van der Waals surface area contributed by atoms with Crippen molar-refractivity contribution in [2.75, 3.05) is 18.5 Å². The highest BCUT2D eigenvalue weighted by molar-refractivity contribution is 6.30. The van der Waals surface area contributed by atoms with Gasteiger partial charge in [0.05, 0.1) is 12.3 Å². The summed E-state index contributed by atoms with van der Waals surface area (Å²) in [4.78, 5) is 21.6. The second-order valence-electron chi connectivity index (χ2n) is 5.57. The molecule has 5 nitrogen and oxygen atoms in total. The second-order valence-corrected chi connectivity index (χ2v) is 6.00. The molecule has 0 saturated carbocycles. The first-order valence-corrected chi connectivity index (χ1v) is 8.44. The normalized spacial score (nSPS) is 10.8. The number of carbonyl (C=O) groups excluding carboxylic acids is 1. The number of hydrogen-bond acceptors (Lipinski definition) is 5. The molecule has 0 saturated heterocycles. The third-order valence-electron chi connectivity index (χ3n) is 3.41. The first-order valence-electron chi connectivity index (χ1n) is 8.06. The summed E-state index contributed by atoms with van der Waals surface area (Å²) < 4.78 is 5.19. The van der Waals surface area contributed by atoms with Crippen molar-refractivity contribution in [1.29, 1.82) is 0 Å². The quantitative estimate of drug-likeness (QED) is 0.778. The molecule has 0 radical (unpaired) electrons. The molecule has 1 aromatic heterocycles. The Bertz CT molecular complexity index is 715. The number of halogens is 1. The molecule has 0 aliphatic carbocycles. The van der Waals surface area contributed by atoms with E-state index in [2.05, 4.69) is 15.3 Å². The van der Waals surface area contributed by atoms with E-state index in [0.717, 1.165) is 5.56 Å². The van der Waals surface area contributed by atoms with Gasteiger partial charge in [0.25, 0.3) is 0 Å². The number of ether oxygens (including phenoxy) is 1. The molecular formula is C18H22ClN3O2. The van der Waals surface area contributed by atoms with Gasteiger partial charge in [-0.2, -0.15) is 0 Å². The number of rotatable bonds is 6. The van der Waals surface area contributed by atoms with E-state index in [-0.39, 0.29) is 5.92 Å². The van der Waals surface area contributed by atoms with Crippen molar-refractivity contribution in [3.05, 3.63) is 40.5 Å². The number of carbonyl (C=O) groups is 1. The van der Waals surface area contributed by atoms with Crippen molar-refractivity contribution in [1.82, 2.24) is 9.97 Å². The third-order valence-corrected chi connectivity index (χ3v) is 3.66. The average molecular weight is 348 g/mol. The number of nitrogens with zero attached hydrogens (tertiary/aromatic N) is 2. The maximum atomic E-state index is 12.4. The van der Waals surface area contributed by atoms with Crippen molar-refractivity contribution in [3.8, 4) is 11.4 Å². The zero-order chi connectivity index (χ0) is 17.7. The summed E-state index contributed by atoms with van der Waals surface area (Å²) in [6, 6.07) is 7.31. The molecule has 2 aromatic rings. The van der Waals surface area contributed by atoms with Crippen LogP contribution in [0.1, 0.15) is 49.7 Å². The van der Waals surface area contributed by atoms with Gasteiger partial charge in [-0.05, 0) is 44.0 Å². The van der Waals surface area contributed by atoms with Crippen LogP contribution in [-0.2, 0) is 4.74 Å². The van der Waals surface area contributed by atoms with Crippen LogP contribution in [0.3, 0.4) is 0 Å². The number of hydrogen-bond donors (Lipinski definition) is 1. The summed E-state index contributed by atoms with van der Waals surface area (Å²) in [5.74, 6) is 0.703. The van der Waals surface area contributed by atoms with Crippen molar-refractivity contribution in [2.45, 2.75) is 33.6 Å². The molecule has 1 N–H and O–H groups in total. The largest absolute Gasteiger partial charge is 0.462 e. The van der Waals surface area contributed by atoms with Crippen molar-refractivity contribution in [3.63, 3.8) is 0 Å². The topological polar surface area (TPSA) is 64.1 Å². The lowest BCUT2D eigenvalue weighted by atomic mass is 10.0. The van der Waals surface area contributed by atoms with E-state index in [9.17, 15) is 4.79 Å². The molecule has 1 aromatic carbocycles. The molecule has 24 heavy (non-hydrogen) atoms. The maximum absolute atomic E-state index is 12.4. The van der Waals surface area contributed by atoms with E-state index < -0.39 is 5.97 Å². The van der Waals surface area contributed by atoms with Gasteiger partial charge in [0, 0.05) is 17.1 Å². The van der Waals surface area contributed by atoms with Gasteiger partial charge in [-0.3, -0.25) is 0 Å². The van der Waals surface area contributed by atoms with Gasteiger partial charge in [0.1, 0.15) is 11.4 Å². The fraction of sp³-hybridized carbons (Fsp3) is 0.389. The van der Waals surface area contributed by atoms with E-state index >= 15 is 0 Å². The number of aromatic nitrogens is 2. The number of nitrogens with one attached hydrogen (secondary N) is 1. The lowest BCUT2D eigenvalue weighted by molar-refractivity contribution is 0.0524. The molecule has 0 bridgehead atoms. The molecule has 0 atom stereocenters. The second kappa shape index (κ2) is 8.11. The number of benzene rings is 1. The Kier molecular flexibility index (Phi) is 6.15. The first kappa shape index (κ1) is 18.2. The Hall–Kier alpha value is -2.14. The maximum Gasteiger partial charge on any atom is 0.343 e. The van der Waals surface area contributed by atoms with Crippen LogP contribution in [0.25, 0.3) is 11.4 Å². The highest BCUT2D eigenvalue weighted by Gasteiger charge is 2.24. The van der Waals surface area contributed by atoms with Gasteiger partial charge in [0.2, 0.25) is 0 Å². The Morgan fingerprint density at radius 3 is 2.42 bits per heavy atom. The molecule has 0 spiro atoms. The fourth-order valence-electron chi connectivity index (χ4n) is 2.32. The molecule has 0 unspecified atom stereocenters. The standard InChI is InChI=1S/C18H22ClN3O2/c1-5-20-17-14(18(23)24-6-2)15(11(3)4)21-16(22-17)12-7-9-13(19)10-8-12/h7-11H,5-6H2,1-4H3,(H,20,21,22). The predicted octanol–water partition coefficient (Wildman–Crippen LogP) is 4.53. The van der Waals surface area contributed by atoms with Crippen molar-refractivity contribution < 1.29 is 9.53 Å². The molecule has 0 fully saturated rings. The smallest absolute Gasteiger partial charge is 0.343 e. The Morgan fingerprint density at radius 1 is 1.21 bits per heavy atom. The molecule has 128 valence electrons. The third kappa shape index (κ3) is 4.03. The molecule has 0 amide bonds. The zero-order valence-electron chi connectivity index (χ0n) is 14.4. The Labute approximate surface area is 147 Å². The molecule has 6 heteroatoms. The highest BCUT2D eigenvalue weighted by Crippen LogP contribution is 2.28. The van der Waals surface area contributed by atoms with Crippen LogP contribution in [0.5, 0.6) is 0 Å². The summed E-state index contributed by atoms with van der Waals surface area (Å²) >= 11 is 5.95. The molecule has 0 aliphatic heterocycles. The lowest BCUT2D eigenvalue weighted by Gasteiger charge is -2.17. The van der Waals surface area contributed by atoms with E-state index in [4.69, 9.17) is 16.3 Å². The van der Waals surface area contributed by atoms with Crippen LogP contribution >= 0.6 is 11.6 Å². The van der Waals surface area contributed by atoms with E-state index in [0.29, 0.717) is 41.1 Å². The van der Waals surface area contributed by atoms with Gasteiger partial charge >= 0.3 is 5.97 Å². The summed E-state index contributed by atoms with van der Waals surface area (Å²) in [7, 11) is 0. The minimum atomic E-state index is -0.403. The van der Waals surface area contributed by atoms with Gasteiger partial charge in [-0.15, -0.1) is 0 Å². The van der Waals surface area contributed by atoms with Gasteiger partial charge in [-0.1, -0.05) is 25.4 Å². The van der Waals surface area contributed by atoms with E-state index in [1.807, 2.05) is 32.9 Å². The van der Waals surface area contributed by atoms with Gasteiger partial charge in [-0.25, -0.2) is 14.8 Å². The van der Waals surface area contributed by atoms with E-state index in [1.54, 1.807) is 19.1 Å². The minimum Gasteiger partial charge on any atom is -0.462 e. The molecule has 0 aliphatic rings. The average Bonchev–Trinajstić information content (AvgIpc) is 2.55. The van der Waals surface area contributed by atoms with Gasteiger partial charge in [0.15, 0.2) is 5.82 Å². The predicted molar refractivity (Wildman–Crippen MR) is 96.7 cm³/mol. The van der Waals surface area contributed by atoms with Crippen molar-refractivity contribution in [2.24, 2.45) is 0 Å². The Morgan fingerprint density at radius 2 is 1.88 bits per heavy atom. The number of esters is 1. The van der Waals surface area contributed by atoms with Crippen LogP contribution in [-0.4, -0.2) is 29.1 Å². The lowest BCUT2D eigenvalue weighted by Crippen LogP contribution is -2.17. The van der Waals surface area contributed by atoms with Crippen LogP contribution in [0.2, 0.25) is 5.02 Å². The SMILES string of the molecule is CCNc1nc(-c2ccc(Cl)cc2)nc(C(C)C)c1C(=O)OCC. The zero-order valence-corrected chi connectivity index (χ0v) is 15.1.